The van der Waals surface area contributed by atoms with Gasteiger partial charge >= 0.3 is 5.97 Å². The van der Waals surface area contributed by atoms with Gasteiger partial charge in [-0.2, -0.15) is 0 Å². The van der Waals surface area contributed by atoms with Gasteiger partial charge in [0.05, 0.1) is 11.4 Å². The number of carbonyl (C=O) groups excluding carboxylic acids is 2. The molecule has 0 spiro atoms. The number of halogens is 2. The number of esters is 1. The van der Waals surface area contributed by atoms with Crippen LogP contribution in [0.1, 0.15) is 25.7 Å². The number of benzene rings is 1. The van der Waals surface area contributed by atoms with Crippen molar-refractivity contribution in [2.75, 3.05) is 18.5 Å². The number of hydrogen-bond donors (Lipinski definition) is 1. The normalized spacial score (nSPS) is 24.7. The SMILES string of the molecule is O=C(CC1C(=O)OCC2CCCCN21)Nc1ccc(F)c(Cl)c1. The second-order valence-electron chi connectivity index (χ2n) is 5.91. The van der Waals surface area contributed by atoms with Gasteiger partial charge in [0.1, 0.15) is 18.5 Å². The van der Waals surface area contributed by atoms with Crippen molar-refractivity contribution < 1.29 is 18.7 Å². The minimum Gasteiger partial charge on any atom is -0.463 e. The van der Waals surface area contributed by atoms with Crippen molar-refractivity contribution in [2.45, 2.75) is 37.8 Å². The van der Waals surface area contributed by atoms with Crippen molar-refractivity contribution in [3.8, 4) is 0 Å². The van der Waals surface area contributed by atoms with Crippen molar-refractivity contribution in [2.24, 2.45) is 0 Å². The van der Waals surface area contributed by atoms with E-state index in [0.717, 1.165) is 25.8 Å². The monoisotopic (exact) mass is 340 g/mol. The highest BCUT2D eigenvalue weighted by molar-refractivity contribution is 6.31. The van der Waals surface area contributed by atoms with Crippen LogP contribution in [0.15, 0.2) is 18.2 Å². The van der Waals surface area contributed by atoms with Gasteiger partial charge < -0.3 is 10.1 Å². The summed E-state index contributed by atoms with van der Waals surface area (Å²) in [4.78, 5) is 26.3. The highest BCUT2D eigenvalue weighted by Gasteiger charge is 2.40. The maximum Gasteiger partial charge on any atom is 0.323 e. The molecule has 23 heavy (non-hydrogen) atoms. The smallest absolute Gasteiger partial charge is 0.323 e. The number of cyclic esters (lactones) is 1. The fourth-order valence-corrected chi connectivity index (χ4v) is 3.36. The lowest BCUT2D eigenvalue weighted by Gasteiger charge is -2.43. The number of rotatable bonds is 3. The largest absolute Gasteiger partial charge is 0.463 e. The maximum absolute atomic E-state index is 13.1. The van der Waals surface area contributed by atoms with Crippen molar-refractivity contribution >= 4 is 29.2 Å². The predicted molar refractivity (Wildman–Crippen MR) is 83.7 cm³/mol. The van der Waals surface area contributed by atoms with E-state index in [4.69, 9.17) is 16.3 Å². The highest BCUT2D eigenvalue weighted by atomic mass is 35.5. The molecular weight excluding hydrogens is 323 g/mol. The zero-order valence-electron chi connectivity index (χ0n) is 12.6. The molecule has 124 valence electrons. The van der Waals surface area contributed by atoms with Crippen molar-refractivity contribution in [3.05, 3.63) is 29.0 Å². The fourth-order valence-electron chi connectivity index (χ4n) is 3.18. The van der Waals surface area contributed by atoms with Crippen molar-refractivity contribution in [1.82, 2.24) is 4.90 Å². The van der Waals surface area contributed by atoms with Crippen LogP contribution in [0.3, 0.4) is 0 Å². The molecule has 0 saturated carbocycles. The summed E-state index contributed by atoms with van der Waals surface area (Å²) in [5.74, 6) is -1.21. The van der Waals surface area contributed by atoms with Crippen LogP contribution in [0.5, 0.6) is 0 Å². The molecule has 2 fully saturated rings. The Morgan fingerprint density at radius 3 is 3.04 bits per heavy atom. The summed E-state index contributed by atoms with van der Waals surface area (Å²) in [5, 5.41) is 2.59. The van der Waals surface area contributed by atoms with Crippen LogP contribution in [0, 0.1) is 5.82 Å². The van der Waals surface area contributed by atoms with Gasteiger partial charge in [-0.15, -0.1) is 0 Å². The number of morpholine rings is 1. The summed E-state index contributed by atoms with van der Waals surface area (Å²) in [7, 11) is 0. The Hall–Kier alpha value is -1.66. The molecule has 0 radical (unpaired) electrons. The average Bonchev–Trinajstić information content (AvgIpc) is 2.54. The van der Waals surface area contributed by atoms with Crippen LogP contribution in [0.2, 0.25) is 5.02 Å². The Morgan fingerprint density at radius 2 is 2.26 bits per heavy atom. The molecule has 7 heteroatoms. The third-order valence-corrected chi connectivity index (χ3v) is 4.63. The minimum atomic E-state index is -0.551. The Morgan fingerprint density at radius 1 is 1.43 bits per heavy atom. The van der Waals surface area contributed by atoms with Gasteiger partial charge in [0.2, 0.25) is 5.91 Å². The Kier molecular flexibility index (Phi) is 4.82. The zero-order valence-corrected chi connectivity index (χ0v) is 13.3. The Bertz CT molecular complexity index is 625. The molecule has 2 unspecified atom stereocenters. The number of nitrogens with one attached hydrogen (secondary N) is 1. The summed E-state index contributed by atoms with van der Waals surface area (Å²) < 4.78 is 18.3. The van der Waals surface area contributed by atoms with Crippen molar-refractivity contribution in [3.63, 3.8) is 0 Å². The molecule has 1 N–H and O–H groups in total. The molecule has 0 aromatic heterocycles. The number of nitrogens with zero attached hydrogens (tertiary/aromatic N) is 1. The highest BCUT2D eigenvalue weighted by Crippen LogP contribution is 2.26. The molecule has 1 aromatic rings. The summed E-state index contributed by atoms with van der Waals surface area (Å²) in [6, 6.07) is 3.62. The van der Waals surface area contributed by atoms with Gasteiger partial charge in [-0.05, 0) is 37.6 Å². The zero-order chi connectivity index (χ0) is 16.4. The number of ether oxygens (including phenoxy) is 1. The first-order valence-corrected chi connectivity index (χ1v) is 8.09. The van der Waals surface area contributed by atoms with Gasteiger partial charge in [0, 0.05) is 11.7 Å². The molecule has 2 aliphatic rings. The van der Waals surface area contributed by atoms with Gasteiger partial charge in [0.25, 0.3) is 0 Å². The maximum atomic E-state index is 13.1. The van der Waals surface area contributed by atoms with E-state index < -0.39 is 11.9 Å². The third kappa shape index (κ3) is 3.64. The summed E-state index contributed by atoms with van der Waals surface area (Å²) in [6.45, 7) is 1.21. The molecule has 3 rings (SSSR count). The molecule has 2 heterocycles. The topological polar surface area (TPSA) is 58.6 Å². The number of piperidine rings is 1. The lowest BCUT2D eigenvalue weighted by molar-refractivity contribution is -0.165. The molecule has 0 bridgehead atoms. The van der Waals surface area contributed by atoms with Crippen LogP contribution in [0.4, 0.5) is 10.1 Å². The molecule has 2 aliphatic heterocycles. The van der Waals surface area contributed by atoms with Gasteiger partial charge in [-0.25, -0.2) is 4.39 Å². The molecule has 2 atom stereocenters. The van der Waals surface area contributed by atoms with Crippen molar-refractivity contribution in [1.29, 1.82) is 0 Å². The first-order valence-electron chi connectivity index (χ1n) is 7.72. The van der Waals surface area contributed by atoms with E-state index in [1.807, 2.05) is 0 Å². The molecule has 1 aromatic carbocycles. The standard InChI is InChI=1S/C16H18ClFN2O3/c17-12-7-10(4-5-13(12)18)19-15(21)8-14-16(22)23-9-11-3-1-2-6-20(11)14/h4-5,7,11,14H,1-3,6,8-9H2,(H,19,21). The van der Waals surface area contributed by atoms with E-state index >= 15 is 0 Å². The number of amides is 1. The lowest BCUT2D eigenvalue weighted by atomic mass is 9.97. The molecule has 2 saturated heterocycles. The summed E-state index contributed by atoms with van der Waals surface area (Å²) >= 11 is 5.69. The number of hydrogen-bond acceptors (Lipinski definition) is 4. The van der Waals surface area contributed by atoms with E-state index in [9.17, 15) is 14.0 Å². The van der Waals surface area contributed by atoms with E-state index in [1.54, 1.807) is 0 Å². The molecule has 5 nitrogen and oxygen atoms in total. The fraction of sp³-hybridized carbons (Fsp3) is 0.500. The van der Waals surface area contributed by atoms with Crippen LogP contribution < -0.4 is 5.32 Å². The van der Waals surface area contributed by atoms with E-state index in [-0.39, 0.29) is 29.4 Å². The molecule has 0 aliphatic carbocycles. The van der Waals surface area contributed by atoms with Crippen LogP contribution in [-0.4, -0.2) is 42.0 Å². The number of anilines is 1. The minimum absolute atomic E-state index is 0.0182. The second-order valence-corrected chi connectivity index (χ2v) is 6.32. The second kappa shape index (κ2) is 6.84. The summed E-state index contributed by atoms with van der Waals surface area (Å²) in [6.07, 6.45) is 3.14. The quantitative estimate of drug-likeness (QED) is 0.859. The third-order valence-electron chi connectivity index (χ3n) is 4.35. The first kappa shape index (κ1) is 16.2. The van der Waals surface area contributed by atoms with Gasteiger partial charge in [-0.3, -0.25) is 14.5 Å². The predicted octanol–water partition coefficient (Wildman–Crippen LogP) is 2.59. The molecular formula is C16H18ClFN2O3. The van der Waals surface area contributed by atoms with E-state index in [0.29, 0.717) is 12.3 Å². The Balaban J connectivity index is 1.65. The van der Waals surface area contributed by atoms with E-state index in [2.05, 4.69) is 10.2 Å². The summed E-state index contributed by atoms with van der Waals surface area (Å²) in [5.41, 5.74) is 0.403. The average molecular weight is 341 g/mol. The van der Waals surface area contributed by atoms with Gasteiger partial charge in [0.15, 0.2) is 0 Å². The number of fused-ring (bicyclic) bond motifs is 1. The van der Waals surface area contributed by atoms with E-state index in [1.165, 1.54) is 18.2 Å². The Labute approximate surface area is 138 Å². The molecule has 1 amide bonds. The van der Waals surface area contributed by atoms with Gasteiger partial charge in [-0.1, -0.05) is 18.0 Å². The van der Waals surface area contributed by atoms with Crippen LogP contribution in [0.25, 0.3) is 0 Å². The van der Waals surface area contributed by atoms with Crippen LogP contribution >= 0.6 is 11.6 Å². The van der Waals surface area contributed by atoms with Crippen LogP contribution in [-0.2, 0) is 14.3 Å². The first-order chi connectivity index (χ1) is 11.0. The lowest BCUT2D eigenvalue weighted by Crippen LogP contribution is -2.57. The number of carbonyl (C=O) groups is 2.